The summed E-state index contributed by atoms with van der Waals surface area (Å²) in [5.41, 5.74) is 4.75. The molecule has 0 spiro atoms. The van der Waals surface area contributed by atoms with Crippen molar-refractivity contribution in [3.8, 4) is 5.75 Å². The van der Waals surface area contributed by atoms with Crippen LogP contribution < -0.4 is 19.6 Å². The lowest BCUT2D eigenvalue weighted by molar-refractivity contribution is -0.139. The fourth-order valence-electron chi connectivity index (χ4n) is 4.72. The zero-order chi connectivity index (χ0) is 28.2. The molecule has 4 aromatic rings. The first-order chi connectivity index (χ1) is 19.4. The number of nitrogens with zero attached hydrogens (tertiary/aromatic N) is 2. The second-order valence-corrected chi connectivity index (χ2v) is 11.0. The van der Waals surface area contributed by atoms with Gasteiger partial charge in [0.2, 0.25) is 0 Å². The van der Waals surface area contributed by atoms with Crippen LogP contribution in [0.15, 0.2) is 99.9 Å². The molecule has 1 aromatic heterocycles. The van der Waals surface area contributed by atoms with Crippen LogP contribution in [0.2, 0.25) is 0 Å². The van der Waals surface area contributed by atoms with E-state index in [2.05, 4.69) is 31.0 Å². The van der Waals surface area contributed by atoms with E-state index in [0.29, 0.717) is 33.1 Å². The quantitative estimate of drug-likeness (QED) is 0.271. The molecule has 204 valence electrons. The van der Waals surface area contributed by atoms with Crippen LogP contribution in [0, 0.1) is 0 Å². The number of hydrogen-bond donors (Lipinski definition) is 0. The van der Waals surface area contributed by atoms with Crippen LogP contribution in [0.25, 0.3) is 6.08 Å². The van der Waals surface area contributed by atoms with Gasteiger partial charge in [0.25, 0.3) is 5.56 Å². The summed E-state index contributed by atoms with van der Waals surface area (Å²) in [6.45, 7) is 8.56. The third kappa shape index (κ3) is 5.70. The van der Waals surface area contributed by atoms with Crippen molar-refractivity contribution in [3.05, 3.63) is 132 Å². The largest absolute Gasteiger partial charge is 0.489 e. The molecule has 2 heterocycles. The summed E-state index contributed by atoms with van der Waals surface area (Å²) in [6.07, 6.45) is 1.85. The van der Waals surface area contributed by atoms with E-state index in [0.717, 1.165) is 22.4 Å². The minimum absolute atomic E-state index is 0.194. The Labute approximate surface area is 237 Å². The Morgan fingerprint density at radius 3 is 2.38 bits per heavy atom. The van der Waals surface area contributed by atoms with Crippen molar-refractivity contribution in [1.29, 1.82) is 0 Å². The normalized spacial score (nSPS) is 15.1. The van der Waals surface area contributed by atoms with Gasteiger partial charge in [-0.3, -0.25) is 9.36 Å². The molecular formula is C33H32N2O4S. The van der Waals surface area contributed by atoms with Crippen molar-refractivity contribution >= 4 is 23.4 Å². The number of carbonyl (C=O) groups excluding carboxylic acids is 1. The first-order valence-electron chi connectivity index (χ1n) is 13.4. The molecule has 5 rings (SSSR count). The number of fused-ring (bicyclic) bond motifs is 1. The Morgan fingerprint density at radius 2 is 1.73 bits per heavy atom. The van der Waals surface area contributed by atoms with E-state index in [-0.39, 0.29) is 12.2 Å². The van der Waals surface area contributed by atoms with Crippen LogP contribution in [-0.2, 0) is 16.1 Å². The highest BCUT2D eigenvalue weighted by atomic mass is 32.1. The average Bonchev–Trinajstić information content (AvgIpc) is 3.26. The number of hydrogen-bond acceptors (Lipinski definition) is 6. The average molecular weight is 553 g/mol. The van der Waals surface area contributed by atoms with E-state index in [9.17, 15) is 9.59 Å². The van der Waals surface area contributed by atoms with Crippen molar-refractivity contribution in [1.82, 2.24) is 4.57 Å². The van der Waals surface area contributed by atoms with Gasteiger partial charge < -0.3 is 9.47 Å². The Hall–Kier alpha value is -4.23. The molecule has 0 saturated carbocycles. The zero-order valence-electron chi connectivity index (χ0n) is 23.1. The van der Waals surface area contributed by atoms with Crippen molar-refractivity contribution < 1.29 is 14.3 Å². The lowest BCUT2D eigenvalue weighted by Crippen LogP contribution is -2.39. The lowest BCUT2D eigenvalue weighted by atomic mass is 9.93. The smallest absolute Gasteiger partial charge is 0.338 e. The highest BCUT2D eigenvalue weighted by molar-refractivity contribution is 7.07. The lowest BCUT2D eigenvalue weighted by Gasteiger charge is -2.25. The fourth-order valence-corrected chi connectivity index (χ4v) is 5.77. The van der Waals surface area contributed by atoms with Crippen LogP contribution in [0.1, 0.15) is 61.9 Å². The summed E-state index contributed by atoms with van der Waals surface area (Å²) >= 11 is 1.32. The Bertz CT molecular complexity index is 1710. The predicted molar refractivity (Wildman–Crippen MR) is 158 cm³/mol. The van der Waals surface area contributed by atoms with Gasteiger partial charge >= 0.3 is 5.97 Å². The van der Waals surface area contributed by atoms with Crippen LogP contribution in [0.4, 0.5) is 0 Å². The van der Waals surface area contributed by atoms with Gasteiger partial charge in [-0.15, -0.1) is 0 Å². The van der Waals surface area contributed by atoms with Gasteiger partial charge in [0.1, 0.15) is 12.4 Å². The van der Waals surface area contributed by atoms with Crippen LogP contribution in [0.3, 0.4) is 0 Å². The Morgan fingerprint density at radius 1 is 1.02 bits per heavy atom. The van der Waals surface area contributed by atoms with Gasteiger partial charge in [-0.25, -0.2) is 9.79 Å². The monoisotopic (exact) mass is 552 g/mol. The first-order valence-corrected chi connectivity index (χ1v) is 14.2. The van der Waals surface area contributed by atoms with Crippen LogP contribution >= 0.6 is 11.3 Å². The van der Waals surface area contributed by atoms with E-state index in [4.69, 9.17) is 9.47 Å². The summed E-state index contributed by atoms with van der Waals surface area (Å²) < 4.78 is 13.5. The molecule has 6 nitrogen and oxygen atoms in total. The number of allylic oxidation sites excluding steroid dienone is 1. The van der Waals surface area contributed by atoms with Crippen LogP contribution in [-0.4, -0.2) is 17.1 Å². The van der Waals surface area contributed by atoms with E-state index in [1.165, 1.54) is 16.9 Å². The molecule has 1 aliphatic heterocycles. The zero-order valence-corrected chi connectivity index (χ0v) is 23.9. The predicted octanol–water partition coefficient (Wildman–Crippen LogP) is 5.50. The summed E-state index contributed by atoms with van der Waals surface area (Å²) in [4.78, 5) is 32.1. The van der Waals surface area contributed by atoms with Crippen molar-refractivity contribution in [2.75, 3.05) is 6.61 Å². The standard InChI is InChI=1S/C33H32N2O4S/c1-5-38-32(37)29-22(4)34-33-35(30(29)26-15-13-25(14-16-26)21(2)3)31(36)28(40-33)19-23-11-17-27(18-12-23)39-20-24-9-7-6-8-10-24/h6-19,21,30H,5,20H2,1-4H3/b28-19-/t30-/m1/s1. The number of esters is 1. The molecule has 0 radical (unpaired) electrons. The molecule has 40 heavy (non-hydrogen) atoms. The molecule has 0 saturated heterocycles. The van der Waals surface area contributed by atoms with E-state index >= 15 is 0 Å². The van der Waals surface area contributed by atoms with Crippen LogP contribution in [0.5, 0.6) is 5.75 Å². The number of thiazole rings is 1. The van der Waals surface area contributed by atoms with Crippen molar-refractivity contribution in [2.24, 2.45) is 4.99 Å². The molecule has 1 atom stereocenters. The highest BCUT2D eigenvalue weighted by Gasteiger charge is 2.33. The first kappa shape index (κ1) is 27.3. The SMILES string of the molecule is CCOC(=O)C1=C(C)N=c2s/c(=C\c3ccc(OCc4ccccc4)cc3)c(=O)n2[C@@H]1c1ccc(C(C)C)cc1. The Kier molecular flexibility index (Phi) is 8.12. The number of benzene rings is 3. The van der Waals surface area contributed by atoms with Crippen molar-refractivity contribution in [3.63, 3.8) is 0 Å². The molecule has 0 amide bonds. The topological polar surface area (TPSA) is 69.9 Å². The number of aromatic nitrogens is 1. The maximum atomic E-state index is 13.8. The third-order valence-electron chi connectivity index (χ3n) is 6.86. The third-order valence-corrected chi connectivity index (χ3v) is 7.85. The molecule has 0 N–H and O–H groups in total. The van der Waals surface area contributed by atoms with E-state index in [1.807, 2.05) is 72.8 Å². The Balaban J connectivity index is 1.51. The molecule has 0 aliphatic carbocycles. The van der Waals surface area contributed by atoms with Gasteiger partial charge in [-0.1, -0.05) is 91.9 Å². The second-order valence-electron chi connectivity index (χ2n) is 9.97. The molecule has 0 bridgehead atoms. The maximum Gasteiger partial charge on any atom is 0.338 e. The maximum absolute atomic E-state index is 13.8. The number of carbonyl (C=O) groups is 1. The fraction of sp³-hybridized carbons (Fsp3) is 0.242. The summed E-state index contributed by atoms with van der Waals surface area (Å²) in [5, 5.41) is 0. The molecular weight excluding hydrogens is 520 g/mol. The summed E-state index contributed by atoms with van der Waals surface area (Å²) in [6, 6.07) is 25.1. The van der Waals surface area contributed by atoms with Gasteiger partial charge in [-0.05, 0) is 60.2 Å². The number of rotatable bonds is 8. The van der Waals surface area contributed by atoms with Gasteiger partial charge in [0.05, 0.1) is 28.5 Å². The molecule has 3 aromatic carbocycles. The molecule has 0 fully saturated rings. The minimum atomic E-state index is -0.618. The molecule has 0 unspecified atom stereocenters. The highest BCUT2D eigenvalue weighted by Crippen LogP contribution is 2.31. The van der Waals surface area contributed by atoms with Gasteiger partial charge in [0.15, 0.2) is 4.80 Å². The minimum Gasteiger partial charge on any atom is -0.489 e. The summed E-state index contributed by atoms with van der Waals surface area (Å²) in [7, 11) is 0. The van der Waals surface area contributed by atoms with Gasteiger partial charge in [-0.2, -0.15) is 0 Å². The molecule has 1 aliphatic rings. The molecule has 7 heteroatoms. The van der Waals surface area contributed by atoms with E-state index < -0.39 is 12.0 Å². The number of ether oxygens (including phenoxy) is 2. The van der Waals surface area contributed by atoms with Gasteiger partial charge in [0, 0.05) is 0 Å². The second kappa shape index (κ2) is 11.9. The van der Waals surface area contributed by atoms with E-state index in [1.54, 1.807) is 18.4 Å². The summed E-state index contributed by atoms with van der Waals surface area (Å²) in [5.74, 6) is 0.664. The van der Waals surface area contributed by atoms with Crippen molar-refractivity contribution in [2.45, 2.75) is 46.3 Å².